The minimum atomic E-state index is -0.101. The molecule has 126 valence electrons. The number of benzene rings is 1. The van der Waals surface area contributed by atoms with Crippen molar-refractivity contribution in [2.24, 2.45) is 5.92 Å². The Morgan fingerprint density at radius 3 is 3.17 bits per heavy atom. The molecule has 1 aromatic heterocycles. The Morgan fingerprint density at radius 2 is 2.33 bits per heavy atom. The zero-order valence-electron chi connectivity index (χ0n) is 13.9. The van der Waals surface area contributed by atoms with E-state index in [0.717, 1.165) is 6.54 Å². The number of nitrogens with one attached hydrogen (secondary N) is 2. The summed E-state index contributed by atoms with van der Waals surface area (Å²) in [5.74, 6) is 0.567. The van der Waals surface area contributed by atoms with Gasteiger partial charge >= 0.3 is 6.03 Å². The first-order valence-corrected chi connectivity index (χ1v) is 8.62. The van der Waals surface area contributed by atoms with E-state index in [2.05, 4.69) is 45.0 Å². The summed E-state index contributed by atoms with van der Waals surface area (Å²) in [7, 11) is 0. The number of carbonyl (C=O) groups is 1. The average molecular weight is 325 g/mol. The molecular weight excluding hydrogens is 302 g/mol. The van der Waals surface area contributed by atoms with E-state index < -0.39 is 0 Å². The maximum absolute atomic E-state index is 12.1. The summed E-state index contributed by atoms with van der Waals surface area (Å²) >= 11 is 0. The molecule has 0 unspecified atom stereocenters. The van der Waals surface area contributed by atoms with E-state index in [0.29, 0.717) is 17.9 Å². The number of hydrogen-bond acceptors (Lipinski definition) is 3. The molecular formula is C18H23N5O. The van der Waals surface area contributed by atoms with E-state index in [9.17, 15) is 4.79 Å². The fraction of sp³-hybridized carbons (Fsp3) is 0.500. The Labute approximate surface area is 141 Å². The van der Waals surface area contributed by atoms with Crippen LogP contribution in [0, 0.1) is 5.92 Å². The monoisotopic (exact) mass is 325 g/mol. The van der Waals surface area contributed by atoms with Crippen LogP contribution in [0.2, 0.25) is 0 Å². The first kappa shape index (κ1) is 15.2. The van der Waals surface area contributed by atoms with Crippen molar-refractivity contribution in [3.05, 3.63) is 48.0 Å². The van der Waals surface area contributed by atoms with Crippen molar-refractivity contribution in [1.29, 1.82) is 0 Å². The fourth-order valence-corrected chi connectivity index (χ4v) is 4.14. The lowest BCUT2D eigenvalue weighted by molar-refractivity contribution is 0.235. The van der Waals surface area contributed by atoms with Crippen molar-refractivity contribution in [2.75, 3.05) is 6.54 Å². The van der Waals surface area contributed by atoms with Crippen molar-refractivity contribution in [1.82, 2.24) is 25.4 Å². The Balaban J connectivity index is 1.26. The van der Waals surface area contributed by atoms with E-state index in [1.54, 1.807) is 11.0 Å². The third kappa shape index (κ3) is 2.77. The van der Waals surface area contributed by atoms with Gasteiger partial charge in [-0.25, -0.2) is 9.78 Å². The second kappa shape index (κ2) is 5.92. The summed E-state index contributed by atoms with van der Waals surface area (Å²) in [6.45, 7) is 3.33. The maximum atomic E-state index is 12.1. The summed E-state index contributed by atoms with van der Waals surface area (Å²) < 4.78 is 1.72. The van der Waals surface area contributed by atoms with E-state index in [-0.39, 0.29) is 12.1 Å². The molecule has 2 N–H and O–H groups in total. The molecule has 1 heterocycles. The highest BCUT2D eigenvalue weighted by Gasteiger charge is 2.57. The fourth-order valence-electron chi connectivity index (χ4n) is 4.14. The average Bonchev–Trinajstić information content (AvgIpc) is 2.88. The molecule has 1 saturated carbocycles. The van der Waals surface area contributed by atoms with Crippen LogP contribution in [0.15, 0.2) is 36.9 Å². The third-order valence-electron chi connectivity index (χ3n) is 5.44. The number of aromatic nitrogens is 3. The normalized spacial score (nSPS) is 25.3. The number of rotatable bonds is 5. The first-order valence-electron chi connectivity index (χ1n) is 8.62. The molecule has 2 aliphatic carbocycles. The quantitative estimate of drug-likeness (QED) is 0.881. The maximum Gasteiger partial charge on any atom is 0.315 e. The van der Waals surface area contributed by atoms with Crippen LogP contribution in [-0.2, 0) is 18.4 Å². The van der Waals surface area contributed by atoms with Gasteiger partial charge in [-0.05, 0) is 43.2 Å². The molecule has 2 aromatic rings. The lowest BCUT2D eigenvalue weighted by atomic mass is 9.95. The molecule has 0 saturated heterocycles. The molecule has 0 aliphatic heterocycles. The Morgan fingerprint density at radius 1 is 1.46 bits per heavy atom. The number of nitrogens with zero attached hydrogens (tertiary/aromatic N) is 3. The van der Waals surface area contributed by atoms with E-state index in [1.165, 1.54) is 36.7 Å². The largest absolute Gasteiger partial charge is 0.338 e. The van der Waals surface area contributed by atoms with Crippen LogP contribution < -0.4 is 10.6 Å². The van der Waals surface area contributed by atoms with Crippen molar-refractivity contribution in [2.45, 2.75) is 44.2 Å². The van der Waals surface area contributed by atoms with Crippen LogP contribution >= 0.6 is 0 Å². The summed E-state index contributed by atoms with van der Waals surface area (Å²) in [6, 6.07) is 8.67. The van der Waals surface area contributed by atoms with Crippen LogP contribution in [0.4, 0.5) is 4.79 Å². The molecule has 4 rings (SSSR count). The second-order valence-electron chi connectivity index (χ2n) is 7.09. The van der Waals surface area contributed by atoms with Crippen LogP contribution in [0.5, 0.6) is 0 Å². The molecule has 1 spiro atoms. The standard InChI is InChI=1S/C18H23N5O/c1-13(10-23-12-19-11-21-23)22-17(24)20-9-15-8-18(15)7-6-14-4-2-3-5-16(14)18/h2-5,11-13,15H,6-10H2,1H3,(H2,20,22,24)/t13-,15-,18-/m1/s1. The molecule has 1 fully saturated rings. The van der Waals surface area contributed by atoms with Gasteiger partial charge in [-0.3, -0.25) is 4.68 Å². The molecule has 6 nitrogen and oxygen atoms in total. The summed E-state index contributed by atoms with van der Waals surface area (Å²) in [6.07, 6.45) is 6.75. The predicted octanol–water partition coefficient (Wildman–Crippen LogP) is 1.87. The molecule has 0 bridgehead atoms. The van der Waals surface area contributed by atoms with Crippen LogP contribution in [0.3, 0.4) is 0 Å². The zero-order valence-corrected chi connectivity index (χ0v) is 13.9. The predicted molar refractivity (Wildman–Crippen MR) is 90.6 cm³/mol. The van der Waals surface area contributed by atoms with E-state index in [4.69, 9.17) is 0 Å². The van der Waals surface area contributed by atoms with Gasteiger partial charge in [0.1, 0.15) is 12.7 Å². The Bertz CT molecular complexity index is 729. The number of amides is 2. The van der Waals surface area contributed by atoms with Crippen LogP contribution in [-0.4, -0.2) is 33.4 Å². The van der Waals surface area contributed by atoms with Gasteiger partial charge in [0.2, 0.25) is 0 Å². The summed E-state index contributed by atoms with van der Waals surface area (Å²) in [4.78, 5) is 16.0. The molecule has 2 amide bonds. The molecule has 3 atom stereocenters. The highest BCUT2D eigenvalue weighted by molar-refractivity contribution is 5.74. The van der Waals surface area contributed by atoms with E-state index >= 15 is 0 Å². The zero-order chi connectivity index (χ0) is 16.6. The van der Waals surface area contributed by atoms with Gasteiger partial charge in [0.25, 0.3) is 0 Å². The minimum absolute atomic E-state index is 0.00655. The lowest BCUT2D eigenvalue weighted by Crippen LogP contribution is -2.43. The van der Waals surface area contributed by atoms with Crippen molar-refractivity contribution in [3.63, 3.8) is 0 Å². The van der Waals surface area contributed by atoms with Crippen molar-refractivity contribution in [3.8, 4) is 0 Å². The van der Waals surface area contributed by atoms with Crippen molar-refractivity contribution < 1.29 is 4.79 Å². The molecule has 1 aromatic carbocycles. The van der Waals surface area contributed by atoms with Crippen LogP contribution in [0.1, 0.15) is 30.9 Å². The Kier molecular flexibility index (Phi) is 3.75. The second-order valence-corrected chi connectivity index (χ2v) is 7.09. The number of fused-ring (bicyclic) bond motifs is 2. The molecule has 0 radical (unpaired) electrons. The highest BCUT2D eigenvalue weighted by atomic mass is 16.2. The third-order valence-corrected chi connectivity index (χ3v) is 5.44. The summed E-state index contributed by atoms with van der Waals surface area (Å²) in [5.41, 5.74) is 3.33. The Hall–Kier alpha value is -2.37. The smallest absolute Gasteiger partial charge is 0.315 e. The van der Waals surface area contributed by atoms with Gasteiger partial charge in [-0.1, -0.05) is 24.3 Å². The number of hydrogen-bond donors (Lipinski definition) is 2. The lowest BCUT2D eigenvalue weighted by Gasteiger charge is -2.15. The number of urea groups is 1. The molecule has 6 heteroatoms. The van der Waals surface area contributed by atoms with Gasteiger partial charge in [-0.2, -0.15) is 5.10 Å². The number of aryl methyl sites for hydroxylation is 1. The van der Waals surface area contributed by atoms with Gasteiger partial charge < -0.3 is 10.6 Å². The van der Waals surface area contributed by atoms with Gasteiger partial charge in [0.05, 0.1) is 6.54 Å². The summed E-state index contributed by atoms with van der Waals surface area (Å²) in [5, 5.41) is 10.1. The SMILES string of the molecule is C[C@H](Cn1cncn1)NC(=O)NC[C@H]1C[C@]12CCc1ccccc12. The molecule has 24 heavy (non-hydrogen) atoms. The highest BCUT2D eigenvalue weighted by Crippen LogP contribution is 2.61. The van der Waals surface area contributed by atoms with E-state index in [1.807, 2.05) is 6.92 Å². The van der Waals surface area contributed by atoms with Gasteiger partial charge in [-0.15, -0.1) is 0 Å². The van der Waals surface area contributed by atoms with Gasteiger partial charge in [0.15, 0.2) is 0 Å². The van der Waals surface area contributed by atoms with Crippen molar-refractivity contribution >= 4 is 6.03 Å². The first-order chi connectivity index (χ1) is 11.7. The topological polar surface area (TPSA) is 71.8 Å². The number of carbonyl (C=O) groups excluding carboxylic acids is 1. The van der Waals surface area contributed by atoms with Crippen LogP contribution in [0.25, 0.3) is 0 Å². The molecule has 2 aliphatic rings. The van der Waals surface area contributed by atoms with Gasteiger partial charge in [0, 0.05) is 18.0 Å². The minimum Gasteiger partial charge on any atom is -0.338 e.